The SMILES string of the molecule is CN1C2CCC1CC(Oc1ccc(N3CCc4cc(-c5ccccc5)ccc4C3=O)cc1Cl)C2. The minimum atomic E-state index is 0.0255. The van der Waals surface area contributed by atoms with Crippen LogP contribution >= 0.6 is 11.6 Å². The molecule has 0 aromatic heterocycles. The fraction of sp³-hybridized carbons (Fsp3) is 0.345. The van der Waals surface area contributed by atoms with Gasteiger partial charge in [-0.2, -0.15) is 0 Å². The highest BCUT2D eigenvalue weighted by Gasteiger charge is 2.39. The van der Waals surface area contributed by atoms with Crippen molar-refractivity contribution in [2.45, 2.75) is 50.3 Å². The molecule has 2 saturated heterocycles. The van der Waals surface area contributed by atoms with E-state index in [0.29, 0.717) is 23.7 Å². The van der Waals surface area contributed by atoms with Gasteiger partial charge in [-0.15, -0.1) is 0 Å². The number of hydrogen-bond donors (Lipinski definition) is 0. The molecule has 174 valence electrons. The van der Waals surface area contributed by atoms with Crippen LogP contribution in [0.25, 0.3) is 11.1 Å². The van der Waals surface area contributed by atoms with Crippen molar-refractivity contribution >= 4 is 23.2 Å². The molecule has 3 heterocycles. The van der Waals surface area contributed by atoms with Gasteiger partial charge in [-0.3, -0.25) is 4.79 Å². The quantitative estimate of drug-likeness (QED) is 0.452. The molecule has 2 atom stereocenters. The van der Waals surface area contributed by atoms with Gasteiger partial charge in [0, 0.05) is 29.9 Å². The lowest BCUT2D eigenvalue weighted by Crippen LogP contribution is -2.43. The molecule has 3 aliphatic rings. The highest BCUT2D eigenvalue weighted by atomic mass is 35.5. The van der Waals surface area contributed by atoms with Crippen molar-refractivity contribution in [1.29, 1.82) is 0 Å². The van der Waals surface area contributed by atoms with Crippen molar-refractivity contribution < 1.29 is 9.53 Å². The van der Waals surface area contributed by atoms with E-state index in [1.54, 1.807) is 0 Å². The molecule has 6 rings (SSSR count). The summed E-state index contributed by atoms with van der Waals surface area (Å²) < 4.78 is 6.33. The number of fused-ring (bicyclic) bond motifs is 3. The van der Waals surface area contributed by atoms with Gasteiger partial charge in [-0.25, -0.2) is 0 Å². The number of carbonyl (C=O) groups is 1. The zero-order chi connectivity index (χ0) is 23.2. The number of amides is 1. The first-order chi connectivity index (χ1) is 16.6. The molecule has 4 nitrogen and oxygen atoms in total. The van der Waals surface area contributed by atoms with Crippen LogP contribution < -0.4 is 9.64 Å². The highest BCUT2D eigenvalue weighted by molar-refractivity contribution is 6.32. The van der Waals surface area contributed by atoms with Crippen LogP contribution in [0.4, 0.5) is 5.69 Å². The molecule has 3 aromatic rings. The van der Waals surface area contributed by atoms with Crippen LogP contribution in [0.5, 0.6) is 5.75 Å². The molecule has 0 spiro atoms. The van der Waals surface area contributed by atoms with E-state index < -0.39 is 0 Å². The summed E-state index contributed by atoms with van der Waals surface area (Å²) in [7, 11) is 2.23. The fourth-order valence-electron chi connectivity index (χ4n) is 5.94. The second-order valence-corrected chi connectivity index (χ2v) is 10.2. The second-order valence-electron chi connectivity index (χ2n) is 9.82. The van der Waals surface area contributed by atoms with E-state index in [1.807, 2.05) is 53.4 Å². The molecule has 3 aliphatic heterocycles. The Morgan fingerprint density at radius 2 is 1.68 bits per heavy atom. The number of rotatable bonds is 4. The van der Waals surface area contributed by atoms with Crippen LogP contribution in [-0.4, -0.2) is 42.6 Å². The van der Waals surface area contributed by atoms with Crippen LogP contribution in [0, 0.1) is 0 Å². The summed E-state index contributed by atoms with van der Waals surface area (Å²) in [5.74, 6) is 0.745. The van der Waals surface area contributed by atoms with Gasteiger partial charge in [0.2, 0.25) is 0 Å². The summed E-state index contributed by atoms with van der Waals surface area (Å²) in [6.07, 6.45) is 5.66. The Labute approximate surface area is 206 Å². The van der Waals surface area contributed by atoms with Crippen LogP contribution in [0.1, 0.15) is 41.6 Å². The first-order valence-electron chi connectivity index (χ1n) is 12.2. The number of anilines is 1. The van der Waals surface area contributed by atoms with Crippen molar-refractivity contribution in [2.75, 3.05) is 18.5 Å². The lowest BCUT2D eigenvalue weighted by atomic mass is 9.94. The lowest BCUT2D eigenvalue weighted by molar-refractivity contribution is 0.0662. The Bertz CT molecular complexity index is 1210. The third-order valence-electron chi connectivity index (χ3n) is 7.87. The van der Waals surface area contributed by atoms with Gasteiger partial charge in [0.1, 0.15) is 11.9 Å². The van der Waals surface area contributed by atoms with E-state index in [2.05, 4.69) is 30.1 Å². The topological polar surface area (TPSA) is 32.8 Å². The Hall–Kier alpha value is -2.82. The van der Waals surface area contributed by atoms with Crippen LogP contribution in [0.15, 0.2) is 66.7 Å². The summed E-state index contributed by atoms with van der Waals surface area (Å²) in [5.41, 5.74) is 5.01. The molecule has 34 heavy (non-hydrogen) atoms. The van der Waals surface area contributed by atoms with Crippen molar-refractivity contribution in [2.24, 2.45) is 0 Å². The van der Waals surface area contributed by atoms with Gasteiger partial charge >= 0.3 is 0 Å². The first-order valence-corrected chi connectivity index (χ1v) is 12.6. The van der Waals surface area contributed by atoms with E-state index in [-0.39, 0.29) is 12.0 Å². The molecule has 5 heteroatoms. The average molecular weight is 473 g/mol. The lowest BCUT2D eigenvalue weighted by Gasteiger charge is -2.36. The van der Waals surface area contributed by atoms with Crippen LogP contribution in [-0.2, 0) is 6.42 Å². The normalized spacial score (nSPS) is 24.2. The maximum absolute atomic E-state index is 13.3. The Balaban J connectivity index is 1.19. The average Bonchev–Trinajstić information content (AvgIpc) is 3.06. The van der Waals surface area contributed by atoms with Crippen LogP contribution in [0.2, 0.25) is 5.02 Å². The zero-order valence-corrected chi connectivity index (χ0v) is 20.2. The standard InChI is InChI=1S/C29H29ClN2O2/c1-31-22-8-9-23(31)17-25(16-22)34-28-12-10-24(18-27(28)30)32-14-13-21-15-20(7-11-26(21)29(32)33)19-5-3-2-4-6-19/h2-7,10-12,15,18,22-23,25H,8-9,13-14,16-17H2,1H3. The van der Waals surface area contributed by atoms with Crippen molar-refractivity contribution in [3.8, 4) is 16.9 Å². The fourth-order valence-corrected chi connectivity index (χ4v) is 6.15. The zero-order valence-electron chi connectivity index (χ0n) is 19.4. The van der Waals surface area contributed by atoms with Gasteiger partial charge in [0.15, 0.2) is 0 Å². The number of nitrogens with zero attached hydrogens (tertiary/aromatic N) is 2. The first kappa shape index (κ1) is 21.7. The molecular formula is C29H29ClN2O2. The van der Waals surface area contributed by atoms with Crippen molar-refractivity contribution in [3.63, 3.8) is 0 Å². The molecule has 0 N–H and O–H groups in total. The number of benzene rings is 3. The molecule has 0 radical (unpaired) electrons. The van der Waals surface area contributed by atoms with Crippen LogP contribution in [0.3, 0.4) is 0 Å². The van der Waals surface area contributed by atoms with E-state index in [1.165, 1.54) is 18.4 Å². The molecular weight excluding hydrogens is 444 g/mol. The van der Waals surface area contributed by atoms with Crippen molar-refractivity contribution in [3.05, 3.63) is 82.9 Å². The van der Waals surface area contributed by atoms with Crippen molar-refractivity contribution in [1.82, 2.24) is 4.90 Å². The van der Waals surface area contributed by atoms with E-state index in [4.69, 9.17) is 16.3 Å². The van der Waals surface area contributed by atoms with Gasteiger partial charge in [-0.1, -0.05) is 54.1 Å². The maximum Gasteiger partial charge on any atom is 0.258 e. The minimum absolute atomic E-state index is 0.0255. The summed E-state index contributed by atoms with van der Waals surface area (Å²) in [6.45, 7) is 0.638. The van der Waals surface area contributed by atoms with Gasteiger partial charge in [0.05, 0.1) is 5.02 Å². The molecule has 3 aromatic carbocycles. The number of hydrogen-bond acceptors (Lipinski definition) is 3. The molecule has 0 aliphatic carbocycles. The van der Waals surface area contributed by atoms with E-state index in [9.17, 15) is 4.79 Å². The minimum Gasteiger partial charge on any atom is -0.489 e. The summed E-state index contributed by atoms with van der Waals surface area (Å²) in [6, 6.07) is 23.4. The van der Waals surface area contributed by atoms with E-state index in [0.717, 1.165) is 47.4 Å². The third kappa shape index (κ3) is 3.89. The molecule has 2 fully saturated rings. The van der Waals surface area contributed by atoms with Gasteiger partial charge in [0.25, 0.3) is 5.91 Å². The smallest absolute Gasteiger partial charge is 0.258 e. The largest absolute Gasteiger partial charge is 0.489 e. The molecule has 2 bridgehead atoms. The Kier molecular flexibility index (Phi) is 5.59. The highest BCUT2D eigenvalue weighted by Crippen LogP contribution is 2.38. The van der Waals surface area contributed by atoms with Gasteiger partial charge in [-0.05, 0) is 80.1 Å². The molecule has 2 unspecified atom stereocenters. The summed E-state index contributed by atoms with van der Waals surface area (Å²) >= 11 is 6.65. The Morgan fingerprint density at radius 1 is 0.912 bits per heavy atom. The predicted molar refractivity (Wildman–Crippen MR) is 137 cm³/mol. The molecule has 0 saturated carbocycles. The van der Waals surface area contributed by atoms with Gasteiger partial charge < -0.3 is 14.5 Å². The number of ether oxygens (including phenoxy) is 1. The summed E-state index contributed by atoms with van der Waals surface area (Å²) in [5, 5.41) is 0.571. The molecule has 1 amide bonds. The second kappa shape index (κ2) is 8.75. The summed E-state index contributed by atoms with van der Waals surface area (Å²) in [4.78, 5) is 17.7. The maximum atomic E-state index is 13.3. The number of piperidine rings is 1. The third-order valence-corrected chi connectivity index (χ3v) is 8.16. The van der Waals surface area contributed by atoms with E-state index >= 15 is 0 Å². The Morgan fingerprint density at radius 3 is 2.41 bits per heavy atom. The number of halogens is 1. The predicted octanol–water partition coefficient (Wildman–Crippen LogP) is 6.21. The monoisotopic (exact) mass is 472 g/mol. The number of carbonyl (C=O) groups excluding carboxylic acids is 1.